The maximum atomic E-state index is 12.3. The molecule has 1 aliphatic rings. The quantitative estimate of drug-likeness (QED) is 0.646. The molecule has 4 rings (SSSR count). The Morgan fingerprint density at radius 1 is 1.27 bits per heavy atom. The summed E-state index contributed by atoms with van der Waals surface area (Å²) in [6.45, 7) is 4.71. The number of anilines is 1. The predicted octanol–water partition coefficient (Wildman–Crippen LogP) is 3.03. The number of pyridine rings is 1. The van der Waals surface area contributed by atoms with E-state index in [-0.39, 0.29) is 24.2 Å². The number of nitrogens with zero attached hydrogens (tertiary/aromatic N) is 5. The van der Waals surface area contributed by atoms with Crippen molar-refractivity contribution in [3.05, 3.63) is 69.9 Å². The minimum absolute atomic E-state index is 0.179. The Balaban J connectivity index is 1.50. The lowest BCUT2D eigenvalue weighted by molar-refractivity contribution is 0.291. The van der Waals surface area contributed by atoms with E-state index in [4.69, 9.17) is 9.47 Å². The number of ether oxygens (including phenoxy) is 2. The van der Waals surface area contributed by atoms with Gasteiger partial charge in [0.2, 0.25) is 5.88 Å². The second kappa shape index (κ2) is 7.87. The van der Waals surface area contributed by atoms with Crippen molar-refractivity contribution >= 4 is 5.82 Å². The largest absolute Gasteiger partial charge is 0.473 e. The summed E-state index contributed by atoms with van der Waals surface area (Å²) in [5.41, 5.74) is 1.66. The summed E-state index contributed by atoms with van der Waals surface area (Å²) in [4.78, 5) is 22.4. The molecule has 152 valence electrons. The molecule has 8 nitrogen and oxygen atoms in total. The van der Waals surface area contributed by atoms with Crippen molar-refractivity contribution in [2.24, 2.45) is 0 Å². The van der Waals surface area contributed by atoms with Gasteiger partial charge in [-0.3, -0.25) is 9.55 Å². The summed E-state index contributed by atoms with van der Waals surface area (Å²) in [6, 6.07) is 12.9. The Morgan fingerprint density at radius 3 is 2.87 bits per heavy atom. The fourth-order valence-corrected chi connectivity index (χ4v) is 3.33. The summed E-state index contributed by atoms with van der Waals surface area (Å²) >= 11 is 0. The van der Waals surface area contributed by atoms with Gasteiger partial charge in [-0.2, -0.15) is 10.2 Å². The lowest BCUT2D eigenvalue weighted by atomic mass is 10.1. The fourth-order valence-electron chi connectivity index (χ4n) is 3.33. The molecule has 0 N–H and O–H groups in total. The van der Waals surface area contributed by atoms with Crippen LogP contribution in [0.5, 0.6) is 17.4 Å². The highest BCUT2D eigenvalue weighted by molar-refractivity contribution is 5.48. The van der Waals surface area contributed by atoms with E-state index >= 15 is 0 Å². The molecule has 0 fully saturated rings. The molecule has 0 saturated heterocycles. The molecule has 3 aromatic rings. The van der Waals surface area contributed by atoms with Crippen LogP contribution in [0.25, 0.3) is 0 Å². The molecule has 8 heteroatoms. The zero-order valence-corrected chi connectivity index (χ0v) is 17.0. The normalized spacial score (nSPS) is 14.9. The van der Waals surface area contributed by atoms with Gasteiger partial charge in [-0.15, -0.1) is 0 Å². The molecule has 0 amide bonds. The molecule has 30 heavy (non-hydrogen) atoms. The number of hydrogen-bond donors (Lipinski definition) is 0. The van der Waals surface area contributed by atoms with E-state index in [2.05, 4.69) is 16.0 Å². The van der Waals surface area contributed by atoms with Gasteiger partial charge in [0.25, 0.3) is 0 Å². The zero-order chi connectivity index (χ0) is 21.3. The molecular weight excluding hydrogens is 382 g/mol. The number of fused-ring (bicyclic) bond motifs is 1. The number of nitriles is 1. The molecule has 1 aromatic carbocycles. The third-order valence-corrected chi connectivity index (χ3v) is 5.08. The van der Waals surface area contributed by atoms with Gasteiger partial charge in [-0.25, -0.2) is 4.79 Å². The van der Waals surface area contributed by atoms with Crippen LogP contribution >= 0.6 is 0 Å². The van der Waals surface area contributed by atoms with E-state index in [1.165, 1.54) is 0 Å². The first-order chi connectivity index (χ1) is 14.4. The van der Waals surface area contributed by atoms with E-state index in [1.54, 1.807) is 41.1 Å². The van der Waals surface area contributed by atoms with Crippen LogP contribution in [0.2, 0.25) is 0 Å². The molecule has 0 bridgehead atoms. The lowest BCUT2D eigenvalue weighted by Crippen LogP contribution is -2.23. The van der Waals surface area contributed by atoms with Crippen molar-refractivity contribution in [3.63, 3.8) is 0 Å². The summed E-state index contributed by atoms with van der Waals surface area (Å²) in [7, 11) is 1.94. The van der Waals surface area contributed by atoms with Crippen LogP contribution in [0.1, 0.15) is 23.7 Å². The monoisotopic (exact) mass is 403 g/mol. The maximum absolute atomic E-state index is 12.3. The van der Waals surface area contributed by atoms with Crippen molar-refractivity contribution in [1.29, 1.82) is 5.26 Å². The predicted molar refractivity (Wildman–Crippen MR) is 111 cm³/mol. The van der Waals surface area contributed by atoms with Crippen molar-refractivity contribution in [2.45, 2.75) is 33.0 Å². The third kappa shape index (κ3) is 3.82. The summed E-state index contributed by atoms with van der Waals surface area (Å²) < 4.78 is 13.2. The van der Waals surface area contributed by atoms with Crippen LogP contribution in [0.3, 0.4) is 0 Å². The second-order valence-corrected chi connectivity index (χ2v) is 7.27. The number of aromatic nitrogens is 3. The van der Waals surface area contributed by atoms with Crippen molar-refractivity contribution < 1.29 is 9.47 Å². The standard InChI is InChI=1S/C22H21N5O3/c1-14-8-18(6-7-24-14)30-19-5-4-16(9-17(19)11-23)13-29-20-10-21-26(3)15(2)12-27(21)22(28)25-20/h4-10,15H,12-13H2,1-3H3/t15-/m0/s1. The second-order valence-electron chi connectivity index (χ2n) is 7.27. The molecule has 0 saturated carbocycles. The zero-order valence-electron chi connectivity index (χ0n) is 17.0. The summed E-state index contributed by atoms with van der Waals surface area (Å²) in [6.07, 6.45) is 1.66. The van der Waals surface area contributed by atoms with E-state index < -0.39 is 0 Å². The number of benzene rings is 1. The topological polar surface area (TPSA) is 93.3 Å². The van der Waals surface area contributed by atoms with Gasteiger partial charge < -0.3 is 14.4 Å². The summed E-state index contributed by atoms with van der Waals surface area (Å²) in [5, 5.41) is 9.51. The van der Waals surface area contributed by atoms with E-state index in [9.17, 15) is 10.1 Å². The minimum Gasteiger partial charge on any atom is -0.473 e. The van der Waals surface area contributed by atoms with Gasteiger partial charge in [-0.05, 0) is 37.6 Å². The van der Waals surface area contributed by atoms with E-state index in [0.29, 0.717) is 23.6 Å². The maximum Gasteiger partial charge on any atom is 0.352 e. The number of aryl methyl sites for hydroxylation is 1. The lowest BCUT2D eigenvalue weighted by Gasteiger charge is -2.16. The first-order valence-corrected chi connectivity index (χ1v) is 9.55. The van der Waals surface area contributed by atoms with Gasteiger partial charge in [0.1, 0.15) is 30.0 Å². The van der Waals surface area contributed by atoms with Gasteiger partial charge in [0.05, 0.1) is 5.56 Å². The average Bonchev–Trinajstić information content (AvgIpc) is 3.02. The first-order valence-electron chi connectivity index (χ1n) is 9.55. The van der Waals surface area contributed by atoms with E-state index in [0.717, 1.165) is 17.1 Å². The van der Waals surface area contributed by atoms with Gasteiger partial charge in [0, 0.05) is 43.7 Å². The van der Waals surface area contributed by atoms with Crippen LogP contribution in [-0.2, 0) is 13.2 Å². The fraction of sp³-hybridized carbons (Fsp3) is 0.273. The SMILES string of the molecule is Cc1cc(Oc2ccc(COc3cc4n(c(=O)n3)C[C@H](C)N4C)cc2C#N)ccn1. The molecular formula is C22H21N5O3. The minimum atomic E-state index is -0.326. The Labute approximate surface area is 174 Å². The van der Waals surface area contributed by atoms with Crippen LogP contribution in [0.15, 0.2) is 47.4 Å². The molecule has 0 radical (unpaired) electrons. The molecule has 1 atom stereocenters. The van der Waals surface area contributed by atoms with Crippen LogP contribution in [-0.4, -0.2) is 27.6 Å². The molecule has 0 spiro atoms. The molecule has 3 heterocycles. The Bertz CT molecular complexity index is 1200. The van der Waals surface area contributed by atoms with Crippen LogP contribution in [0, 0.1) is 18.3 Å². The highest BCUT2D eigenvalue weighted by Crippen LogP contribution is 2.27. The van der Waals surface area contributed by atoms with Gasteiger partial charge in [-0.1, -0.05) is 6.07 Å². The highest BCUT2D eigenvalue weighted by Gasteiger charge is 2.25. The number of hydrogen-bond acceptors (Lipinski definition) is 7. The molecule has 0 unspecified atom stereocenters. The first kappa shape index (κ1) is 19.5. The number of rotatable bonds is 5. The molecule has 2 aromatic heterocycles. The van der Waals surface area contributed by atoms with Crippen LogP contribution in [0.4, 0.5) is 5.82 Å². The Hall–Kier alpha value is -3.86. The van der Waals surface area contributed by atoms with E-state index in [1.807, 2.05) is 31.9 Å². The van der Waals surface area contributed by atoms with Crippen molar-refractivity contribution in [2.75, 3.05) is 11.9 Å². The average molecular weight is 403 g/mol. The highest BCUT2D eigenvalue weighted by atomic mass is 16.5. The Morgan fingerprint density at radius 2 is 2.10 bits per heavy atom. The smallest absolute Gasteiger partial charge is 0.352 e. The molecule has 1 aliphatic heterocycles. The Kier molecular flexibility index (Phi) is 5.11. The van der Waals surface area contributed by atoms with Crippen molar-refractivity contribution in [1.82, 2.24) is 14.5 Å². The third-order valence-electron chi connectivity index (χ3n) is 5.08. The number of likely N-dealkylation sites (N-methyl/N-ethyl adjacent to an activating group) is 1. The van der Waals surface area contributed by atoms with Crippen LogP contribution < -0.4 is 20.1 Å². The van der Waals surface area contributed by atoms with Crippen molar-refractivity contribution in [3.8, 4) is 23.4 Å². The van der Waals surface area contributed by atoms with Gasteiger partial charge in [0.15, 0.2) is 0 Å². The summed E-state index contributed by atoms with van der Waals surface area (Å²) in [5.74, 6) is 2.12. The van der Waals surface area contributed by atoms with Gasteiger partial charge >= 0.3 is 5.69 Å². The molecule has 0 aliphatic carbocycles.